The maximum absolute atomic E-state index is 12.3. The van der Waals surface area contributed by atoms with Gasteiger partial charge in [0.25, 0.3) is 0 Å². The van der Waals surface area contributed by atoms with Crippen molar-refractivity contribution in [2.75, 3.05) is 23.9 Å². The number of anilines is 2. The van der Waals surface area contributed by atoms with Crippen molar-refractivity contribution in [2.24, 2.45) is 0 Å². The Labute approximate surface area is 125 Å². The molecule has 21 heavy (non-hydrogen) atoms. The average molecular weight is 301 g/mol. The van der Waals surface area contributed by atoms with Crippen molar-refractivity contribution in [3.05, 3.63) is 30.6 Å². The Balaban J connectivity index is 1.80. The zero-order chi connectivity index (χ0) is 14.2. The maximum Gasteiger partial charge on any atom is 0.244 e. The minimum atomic E-state index is -0.0459. The molecule has 106 valence electrons. The van der Waals surface area contributed by atoms with Gasteiger partial charge in [-0.25, -0.2) is 14.9 Å². The van der Waals surface area contributed by atoms with Crippen LogP contribution in [0.2, 0.25) is 0 Å². The van der Waals surface area contributed by atoms with Crippen LogP contribution in [0.4, 0.5) is 11.6 Å². The highest BCUT2D eigenvalue weighted by Gasteiger charge is 2.29. The van der Waals surface area contributed by atoms with E-state index in [1.54, 1.807) is 18.5 Å². The monoisotopic (exact) mass is 301 g/mol. The maximum atomic E-state index is 12.3. The molecule has 4 rings (SSSR count). The average Bonchev–Trinajstić information content (AvgIpc) is 2.54. The van der Waals surface area contributed by atoms with Gasteiger partial charge in [0.15, 0.2) is 17.3 Å². The summed E-state index contributed by atoms with van der Waals surface area (Å²) in [5.41, 5.74) is 0. The Bertz CT molecular complexity index is 722. The van der Waals surface area contributed by atoms with E-state index in [1.165, 1.54) is 16.7 Å². The van der Waals surface area contributed by atoms with Gasteiger partial charge >= 0.3 is 0 Å². The van der Waals surface area contributed by atoms with Crippen molar-refractivity contribution in [2.45, 2.75) is 4.90 Å². The van der Waals surface area contributed by atoms with E-state index < -0.39 is 0 Å². The molecule has 0 bridgehead atoms. The van der Waals surface area contributed by atoms with Crippen LogP contribution < -0.4 is 14.4 Å². The van der Waals surface area contributed by atoms with Crippen molar-refractivity contribution < 1.29 is 14.3 Å². The van der Waals surface area contributed by atoms with E-state index in [1.807, 2.05) is 12.1 Å². The lowest BCUT2D eigenvalue weighted by Crippen LogP contribution is -2.32. The molecule has 0 unspecified atom stereocenters. The van der Waals surface area contributed by atoms with Crippen molar-refractivity contribution in [3.63, 3.8) is 0 Å². The molecule has 0 saturated heterocycles. The summed E-state index contributed by atoms with van der Waals surface area (Å²) >= 11 is 1.49. The van der Waals surface area contributed by atoms with E-state index in [0.717, 1.165) is 4.90 Å². The van der Waals surface area contributed by atoms with Gasteiger partial charge in [0.2, 0.25) is 5.91 Å². The summed E-state index contributed by atoms with van der Waals surface area (Å²) in [6.45, 7) is 1.01. The third-order valence-electron chi connectivity index (χ3n) is 3.21. The second-order valence-corrected chi connectivity index (χ2v) is 5.55. The number of nitrogens with zero attached hydrogens (tertiary/aromatic N) is 3. The third kappa shape index (κ3) is 2.09. The summed E-state index contributed by atoms with van der Waals surface area (Å²) in [6, 6.07) is 5.53. The van der Waals surface area contributed by atoms with Crippen LogP contribution in [0.3, 0.4) is 0 Å². The number of rotatable bonds is 1. The van der Waals surface area contributed by atoms with E-state index >= 15 is 0 Å². The Kier molecular flexibility index (Phi) is 2.92. The number of carbonyl (C=O) groups excluding carboxylic acids is 1. The van der Waals surface area contributed by atoms with E-state index in [4.69, 9.17) is 9.47 Å². The molecule has 2 aromatic heterocycles. The van der Waals surface area contributed by atoms with Gasteiger partial charge in [0.05, 0.1) is 16.8 Å². The summed E-state index contributed by atoms with van der Waals surface area (Å²) in [5, 5.41) is 0. The van der Waals surface area contributed by atoms with Gasteiger partial charge in [-0.1, -0.05) is 0 Å². The number of amides is 1. The SMILES string of the molecule is O=C1CSc2cccnc2N1c1cc2c(cn1)OCCO2. The van der Waals surface area contributed by atoms with Crippen molar-refractivity contribution in [3.8, 4) is 11.5 Å². The van der Waals surface area contributed by atoms with E-state index in [-0.39, 0.29) is 5.91 Å². The minimum absolute atomic E-state index is 0.0459. The zero-order valence-corrected chi connectivity index (χ0v) is 11.8. The molecule has 7 heteroatoms. The Morgan fingerprint density at radius 3 is 2.95 bits per heavy atom. The number of aromatic nitrogens is 2. The largest absolute Gasteiger partial charge is 0.486 e. The first-order chi connectivity index (χ1) is 10.3. The Morgan fingerprint density at radius 2 is 2.05 bits per heavy atom. The zero-order valence-electron chi connectivity index (χ0n) is 11.0. The number of hydrogen-bond acceptors (Lipinski definition) is 6. The highest BCUT2D eigenvalue weighted by Crippen LogP contribution is 2.39. The molecule has 0 saturated carbocycles. The molecule has 0 aliphatic carbocycles. The smallest absolute Gasteiger partial charge is 0.244 e. The molecule has 2 aromatic rings. The summed E-state index contributed by atoms with van der Waals surface area (Å²) < 4.78 is 11.0. The summed E-state index contributed by atoms with van der Waals surface area (Å²) in [5.74, 6) is 2.65. The first kappa shape index (κ1) is 12.5. The summed E-state index contributed by atoms with van der Waals surface area (Å²) in [7, 11) is 0. The summed E-state index contributed by atoms with van der Waals surface area (Å²) in [6.07, 6.45) is 3.25. The molecule has 6 nitrogen and oxygen atoms in total. The number of pyridine rings is 2. The first-order valence-electron chi connectivity index (χ1n) is 6.49. The topological polar surface area (TPSA) is 64.6 Å². The molecule has 0 aromatic carbocycles. The summed E-state index contributed by atoms with van der Waals surface area (Å²) in [4.78, 5) is 23.4. The second-order valence-electron chi connectivity index (χ2n) is 4.53. The van der Waals surface area contributed by atoms with Crippen LogP contribution in [0.15, 0.2) is 35.5 Å². The van der Waals surface area contributed by atoms with Gasteiger partial charge in [-0.05, 0) is 12.1 Å². The van der Waals surface area contributed by atoms with Crippen LogP contribution in [-0.2, 0) is 4.79 Å². The van der Waals surface area contributed by atoms with Gasteiger partial charge in [-0.15, -0.1) is 11.8 Å². The quantitative estimate of drug-likeness (QED) is 0.803. The molecule has 0 radical (unpaired) electrons. The molecule has 0 atom stereocenters. The van der Waals surface area contributed by atoms with Gasteiger partial charge in [0.1, 0.15) is 19.0 Å². The van der Waals surface area contributed by atoms with Crippen molar-refractivity contribution in [1.82, 2.24) is 9.97 Å². The number of ether oxygens (including phenoxy) is 2. The number of carbonyl (C=O) groups is 1. The van der Waals surface area contributed by atoms with Crippen LogP contribution in [0.5, 0.6) is 11.5 Å². The fourth-order valence-electron chi connectivity index (χ4n) is 2.28. The fraction of sp³-hybridized carbons (Fsp3) is 0.214. The highest BCUT2D eigenvalue weighted by molar-refractivity contribution is 8.00. The van der Waals surface area contributed by atoms with E-state index in [9.17, 15) is 4.79 Å². The number of hydrogen-bond donors (Lipinski definition) is 0. The first-order valence-corrected chi connectivity index (χ1v) is 7.48. The molecule has 2 aliphatic rings. The lowest BCUT2D eigenvalue weighted by molar-refractivity contribution is -0.115. The lowest BCUT2D eigenvalue weighted by atomic mass is 10.3. The molecule has 4 heterocycles. The Morgan fingerprint density at radius 1 is 1.19 bits per heavy atom. The molecular formula is C14H11N3O3S. The molecule has 0 spiro atoms. The number of thioether (sulfide) groups is 1. The van der Waals surface area contributed by atoms with Gasteiger partial charge in [-0.2, -0.15) is 0 Å². The number of fused-ring (bicyclic) bond motifs is 2. The van der Waals surface area contributed by atoms with Crippen LogP contribution in [-0.4, -0.2) is 34.8 Å². The van der Waals surface area contributed by atoms with Crippen molar-refractivity contribution >= 4 is 29.3 Å². The van der Waals surface area contributed by atoms with Gasteiger partial charge in [-0.3, -0.25) is 4.79 Å². The molecule has 0 N–H and O–H groups in total. The van der Waals surface area contributed by atoms with Crippen LogP contribution >= 0.6 is 11.8 Å². The van der Waals surface area contributed by atoms with Crippen LogP contribution in [0, 0.1) is 0 Å². The molecular weight excluding hydrogens is 290 g/mol. The van der Waals surface area contributed by atoms with Gasteiger partial charge < -0.3 is 9.47 Å². The van der Waals surface area contributed by atoms with E-state index in [2.05, 4.69) is 9.97 Å². The Hall–Kier alpha value is -2.28. The van der Waals surface area contributed by atoms with Crippen LogP contribution in [0.25, 0.3) is 0 Å². The lowest BCUT2D eigenvalue weighted by Gasteiger charge is -2.27. The van der Waals surface area contributed by atoms with E-state index in [0.29, 0.717) is 42.1 Å². The highest BCUT2D eigenvalue weighted by atomic mass is 32.2. The fourth-order valence-corrected chi connectivity index (χ4v) is 3.14. The van der Waals surface area contributed by atoms with Crippen LogP contribution in [0.1, 0.15) is 0 Å². The third-order valence-corrected chi connectivity index (χ3v) is 4.23. The van der Waals surface area contributed by atoms with Gasteiger partial charge in [0, 0.05) is 12.3 Å². The molecule has 0 fully saturated rings. The van der Waals surface area contributed by atoms with Crippen molar-refractivity contribution in [1.29, 1.82) is 0 Å². The normalized spacial score (nSPS) is 16.6. The second kappa shape index (κ2) is 4.92. The minimum Gasteiger partial charge on any atom is -0.486 e. The predicted molar refractivity (Wildman–Crippen MR) is 77.3 cm³/mol. The molecule has 2 aliphatic heterocycles. The standard InChI is InChI=1S/C14H11N3O3S/c18-13-8-21-11-2-1-3-15-14(11)17(13)12-6-9-10(7-16-12)20-5-4-19-9/h1-3,6-7H,4-5,8H2. The predicted octanol–water partition coefficient (Wildman–Crippen LogP) is 2.02. The molecule has 1 amide bonds.